The van der Waals surface area contributed by atoms with Crippen LogP contribution in [0.1, 0.15) is 37.3 Å². The van der Waals surface area contributed by atoms with Gasteiger partial charge in [-0.25, -0.2) is 23.1 Å². The maximum absolute atomic E-state index is 14.4. The minimum absolute atomic E-state index is 0.157. The van der Waals surface area contributed by atoms with Gasteiger partial charge in [0.25, 0.3) is 0 Å². The summed E-state index contributed by atoms with van der Waals surface area (Å²) in [5.74, 6) is -0.229. The molecule has 2 aromatic heterocycles. The zero-order valence-corrected chi connectivity index (χ0v) is 16.4. The van der Waals surface area contributed by atoms with Gasteiger partial charge in [-0.2, -0.15) is 5.10 Å². The van der Waals surface area contributed by atoms with Crippen LogP contribution in [-0.4, -0.2) is 45.2 Å². The van der Waals surface area contributed by atoms with Crippen LogP contribution in [-0.2, 0) is 0 Å². The summed E-state index contributed by atoms with van der Waals surface area (Å²) in [6, 6.07) is 4.92. The first-order valence-corrected chi connectivity index (χ1v) is 10.2. The Kier molecular flexibility index (Phi) is 4.72. The largest absolute Gasteiger partial charge is 0.349 e. The van der Waals surface area contributed by atoms with Crippen LogP contribution in [0, 0.1) is 11.6 Å². The predicted octanol–water partition coefficient (Wildman–Crippen LogP) is 3.98. The first-order chi connectivity index (χ1) is 14.6. The van der Waals surface area contributed by atoms with Crippen molar-refractivity contribution in [3.05, 3.63) is 53.9 Å². The van der Waals surface area contributed by atoms with Gasteiger partial charge in [0, 0.05) is 31.4 Å². The van der Waals surface area contributed by atoms with Crippen molar-refractivity contribution in [1.29, 1.82) is 0 Å². The van der Waals surface area contributed by atoms with Gasteiger partial charge in [0.2, 0.25) is 0 Å². The molecular weight excluding hydrogens is 390 g/mol. The summed E-state index contributed by atoms with van der Waals surface area (Å²) < 4.78 is 29.7. The van der Waals surface area contributed by atoms with Gasteiger partial charge in [0.15, 0.2) is 5.65 Å². The maximum atomic E-state index is 14.4. The number of urea groups is 1. The molecule has 1 atom stereocenters. The molecule has 30 heavy (non-hydrogen) atoms. The molecule has 9 heteroatoms. The molecule has 0 spiro atoms. The predicted molar refractivity (Wildman–Crippen MR) is 108 cm³/mol. The van der Waals surface area contributed by atoms with Crippen LogP contribution in [0.2, 0.25) is 0 Å². The van der Waals surface area contributed by atoms with E-state index in [9.17, 15) is 13.6 Å². The Labute approximate surface area is 172 Å². The Bertz CT molecular complexity index is 1090. The zero-order chi connectivity index (χ0) is 20.7. The Hall–Kier alpha value is -3.23. The van der Waals surface area contributed by atoms with E-state index in [4.69, 9.17) is 4.98 Å². The molecule has 3 aromatic rings. The standard InChI is InChI=1S/C21H22F2N6O/c22-14-5-6-16(23)15(12-14)18-4-3-10-28(18)19-7-11-29-20(26-19)17(13-24-29)25-21(30)27-8-1-2-9-27/h5-7,11-13,18H,1-4,8-10H2,(H,25,30). The summed E-state index contributed by atoms with van der Waals surface area (Å²) in [5, 5.41) is 7.16. The van der Waals surface area contributed by atoms with Gasteiger partial charge in [-0.3, -0.25) is 0 Å². The van der Waals surface area contributed by atoms with Crippen LogP contribution >= 0.6 is 0 Å². The second-order valence-corrected chi connectivity index (χ2v) is 7.75. The van der Waals surface area contributed by atoms with E-state index in [2.05, 4.69) is 10.4 Å². The van der Waals surface area contributed by atoms with E-state index >= 15 is 0 Å². The summed E-state index contributed by atoms with van der Waals surface area (Å²) in [6.07, 6.45) is 6.93. The van der Waals surface area contributed by atoms with Crippen LogP contribution in [0.4, 0.5) is 25.1 Å². The number of nitrogens with one attached hydrogen (secondary N) is 1. The van der Waals surface area contributed by atoms with E-state index in [0.29, 0.717) is 35.7 Å². The van der Waals surface area contributed by atoms with Crippen molar-refractivity contribution in [3.63, 3.8) is 0 Å². The number of benzene rings is 1. The lowest BCUT2D eigenvalue weighted by molar-refractivity contribution is 0.222. The molecule has 0 bridgehead atoms. The fourth-order valence-corrected chi connectivity index (χ4v) is 4.36. The molecule has 2 saturated heterocycles. The molecule has 1 unspecified atom stereocenters. The average molecular weight is 412 g/mol. The van der Waals surface area contributed by atoms with Crippen LogP contribution in [0.15, 0.2) is 36.7 Å². The molecule has 7 nitrogen and oxygen atoms in total. The number of hydrogen-bond donors (Lipinski definition) is 1. The molecule has 156 valence electrons. The Balaban J connectivity index is 1.45. The summed E-state index contributed by atoms with van der Waals surface area (Å²) in [5.41, 5.74) is 1.39. The topological polar surface area (TPSA) is 65.8 Å². The molecule has 2 fully saturated rings. The van der Waals surface area contributed by atoms with Crippen molar-refractivity contribution in [3.8, 4) is 0 Å². The fourth-order valence-electron chi connectivity index (χ4n) is 4.36. The molecule has 1 N–H and O–H groups in total. The van der Waals surface area contributed by atoms with Gasteiger partial charge in [-0.1, -0.05) is 0 Å². The molecule has 0 radical (unpaired) electrons. The number of halogens is 2. The normalized spacial score (nSPS) is 19.1. The third-order valence-corrected chi connectivity index (χ3v) is 5.85. The first kappa shape index (κ1) is 18.8. The number of likely N-dealkylation sites (tertiary alicyclic amines) is 1. The Morgan fingerprint density at radius 2 is 1.93 bits per heavy atom. The fraction of sp³-hybridized carbons (Fsp3) is 0.381. The summed E-state index contributed by atoms with van der Waals surface area (Å²) in [7, 11) is 0. The number of carbonyl (C=O) groups is 1. The number of aromatic nitrogens is 3. The lowest BCUT2D eigenvalue weighted by Gasteiger charge is -2.26. The average Bonchev–Trinajstić information content (AvgIpc) is 3.50. The molecule has 4 heterocycles. The van der Waals surface area contributed by atoms with Crippen molar-refractivity contribution in [2.45, 2.75) is 31.7 Å². The van der Waals surface area contributed by atoms with Gasteiger partial charge in [0.1, 0.15) is 23.1 Å². The number of rotatable bonds is 3. The lowest BCUT2D eigenvalue weighted by atomic mass is 10.0. The quantitative estimate of drug-likeness (QED) is 0.707. The highest BCUT2D eigenvalue weighted by Gasteiger charge is 2.30. The van der Waals surface area contributed by atoms with Crippen molar-refractivity contribution < 1.29 is 13.6 Å². The van der Waals surface area contributed by atoms with E-state index in [0.717, 1.165) is 38.4 Å². The molecule has 2 aliphatic rings. The molecule has 1 aromatic carbocycles. The van der Waals surface area contributed by atoms with E-state index in [1.54, 1.807) is 21.8 Å². The Morgan fingerprint density at radius 1 is 1.10 bits per heavy atom. The van der Waals surface area contributed by atoms with E-state index in [-0.39, 0.29) is 12.1 Å². The van der Waals surface area contributed by atoms with Gasteiger partial charge < -0.3 is 15.1 Å². The van der Waals surface area contributed by atoms with Crippen LogP contribution in [0.3, 0.4) is 0 Å². The minimum atomic E-state index is -0.454. The highest BCUT2D eigenvalue weighted by atomic mass is 19.1. The minimum Gasteiger partial charge on any atom is -0.349 e. The molecule has 0 aliphatic carbocycles. The molecule has 2 amide bonds. The molecular formula is C21H22F2N6O. The zero-order valence-electron chi connectivity index (χ0n) is 16.4. The van der Waals surface area contributed by atoms with Crippen LogP contribution < -0.4 is 10.2 Å². The van der Waals surface area contributed by atoms with E-state index in [1.807, 2.05) is 11.0 Å². The SMILES string of the molecule is O=C(Nc1cnn2ccc(N3CCCC3c3cc(F)ccc3F)nc12)N1CCCC1. The first-order valence-electron chi connectivity index (χ1n) is 10.2. The Morgan fingerprint density at radius 3 is 2.77 bits per heavy atom. The van der Waals surface area contributed by atoms with Gasteiger partial charge >= 0.3 is 6.03 Å². The molecule has 5 rings (SSSR count). The van der Waals surface area contributed by atoms with Gasteiger partial charge in [0.05, 0.1) is 12.2 Å². The van der Waals surface area contributed by atoms with Crippen molar-refractivity contribution in [1.82, 2.24) is 19.5 Å². The number of nitrogens with zero attached hydrogens (tertiary/aromatic N) is 5. The van der Waals surface area contributed by atoms with Crippen molar-refractivity contribution in [2.24, 2.45) is 0 Å². The highest BCUT2D eigenvalue weighted by Crippen LogP contribution is 2.37. The number of amides is 2. The molecule has 2 aliphatic heterocycles. The second-order valence-electron chi connectivity index (χ2n) is 7.75. The number of fused-ring (bicyclic) bond motifs is 1. The van der Waals surface area contributed by atoms with Crippen LogP contribution in [0.5, 0.6) is 0 Å². The van der Waals surface area contributed by atoms with Crippen LogP contribution in [0.25, 0.3) is 5.65 Å². The van der Waals surface area contributed by atoms with Gasteiger partial charge in [-0.15, -0.1) is 0 Å². The van der Waals surface area contributed by atoms with Gasteiger partial charge in [-0.05, 0) is 49.9 Å². The maximum Gasteiger partial charge on any atom is 0.321 e. The van der Waals surface area contributed by atoms with E-state index < -0.39 is 11.6 Å². The van der Waals surface area contributed by atoms with Crippen molar-refractivity contribution in [2.75, 3.05) is 29.9 Å². The van der Waals surface area contributed by atoms with Crippen molar-refractivity contribution >= 4 is 23.2 Å². The summed E-state index contributed by atoms with van der Waals surface area (Å²) in [6.45, 7) is 2.18. The summed E-state index contributed by atoms with van der Waals surface area (Å²) in [4.78, 5) is 20.9. The second kappa shape index (κ2) is 7.55. The third-order valence-electron chi connectivity index (χ3n) is 5.85. The third kappa shape index (κ3) is 3.34. The highest BCUT2D eigenvalue weighted by molar-refractivity contribution is 5.93. The number of hydrogen-bond acceptors (Lipinski definition) is 4. The van der Waals surface area contributed by atoms with E-state index in [1.165, 1.54) is 12.1 Å². The molecule has 0 saturated carbocycles. The lowest BCUT2D eigenvalue weighted by Crippen LogP contribution is -2.32. The summed E-state index contributed by atoms with van der Waals surface area (Å²) >= 11 is 0. The number of anilines is 2. The number of carbonyl (C=O) groups excluding carboxylic acids is 1. The monoisotopic (exact) mass is 412 g/mol. The smallest absolute Gasteiger partial charge is 0.321 e.